The monoisotopic (exact) mass is 307 g/mol. The van der Waals surface area contributed by atoms with E-state index in [-0.39, 0.29) is 18.2 Å². The molecular weight excluding hydrogens is 282 g/mol. The van der Waals surface area contributed by atoms with Crippen molar-refractivity contribution >= 4 is 11.8 Å². The zero-order valence-corrected chi connectivity index (χ0v) is 13.5. The highest BCUT2D eigenvalue weighted by molar-refractivity contribution is 5.94. The van der Waals surface area contributed by atoms with Crippen LogP contribution in [0, 0.1) is 0 Å². The van der Waals surface area contributed by atoms with Gasteiger partial charge in [0, 0.05) is 38.9 Å². The number of β-amino-alcohol motifs (C(OH)–C–C–N with tert-alkyl or cyclic N) is 1. The minimum Gasteiger partial charge on any atom is -0.459 e. The van der Waals surface area contributed by atoms with Crippen LogP contribution in [0.4, 0.5) is 5.82 Å². The standard InChI is InChI=1S/C16H25N3O3/c1-12(2)22-16(21)14-5-4-6-17-15(14)19-9-7-18(8-10-19)11-13(3)20/h4-6,12-13,20H,7-11H2,1-3H3/t13-/m1/s1. The normalized spacial score (nSPS) is 17.6. The van der Waals surface area contributed by atoms with E-state index >= 15 is 0 Å². The Morgan fingerprint density at radius 1 is 1.32 bits per heavy atom. The van der Waals surface area contributed by atoms with Gasteiger partial charge in [0.15, 0.2) is 0 Å². The van der Waals surface area contributed by atoms with Crippen molar-refractivity contribution in [3.8, 4) is 0 Å². The Hall–Kier alpha value is -1.66. The van der Waals surface area contributed by atoms with Gasteiger partial charge in [0.05, 0.1) is 12.2 Å². The molecule has 0 unspecified atom stereocenters. The van der Waals surface area contributed by atoms with Crippen molar-refractivity contribution in [1.29, 1.82) is 0 Å². The van der Waals surface area contributed by atoms with Crippen molar-refractivity contribution in [2.24, 2.45) is 0 Å². The summed E-state index contributed by atoms with van der Waals surface area (Å²) in [6, 6.07) is 3.51. The van der Waals surface area contributed by atoms with Gasteiger partial charge < -0.3 is 14.7 Å². The Morgan fingerprint density at radius 2 is 2.00 bits per heavy atom. The zero-order chi connectivity index (χ0) is 16.1. The Balaban J connectivity index is 2.06. The average Bonchev–Trinajstić information content (AvgIpc) is 2.47. The summed E-state index contributed by atoms with van der Waals surface area (Å²) in [5, 5.41) is 9.46. The van der Waals surface area contributed by atoms with Crippen LogP contribution in [-0.4, -0.2) is 65.9 Å². The summed E-state index contributed by atoms with van der Waals surface area (Å²) in [5.41, 5.74) is 0.514. The minimum atomic E-state index is -0.329. The predicted octanol–water partition coefficient (Wildman–Crippen LogP) is 1.15. The van der Waals surface area contributed by atoms with Crippen molar-refractivity contribution in [1.82, 2.24) is 9.88 Å². The zero-order valence-electron chi connectivity index (χ0n) is 13.5. The molecule has 1 aliphatic heterocycles. The first kappa shape index (κ1) is 16.7. The van der Waals surface area contributed by atoms with E-state index in [1.165, 1.54) is 0 Å². The molecule has 1 atom stereocenters. The summed E-state index contributed by atoms with van der Waals surface area (Å²) in [6.45, 7) is 9.41. The van der Waals surface area contributed by atoms with Crippen LogP contribution < -0.4 is 4.90 Å². The SMILES string of the molecule is CC(C)OC(=O)c1cccnc1N1CCN(C[C@@H](C)O)CC1. The van der Waals surface area contributed by atoms with E-state index in [0.717, 1.165) is 26.2 Å². The molecule has 2 rings (SSSR count). The van der Waals surface area contributed by atoms with Gasteiger partial charge in [-0.05, 0) is 32.9 Å². The lowest BCUT2D eigenvalue weighted by Gasteiger charge is -2.36. The summed E-state index contributed by atoms with van der Waals surface area (Å²) in [7, 11) is 0. The number of esters is 1. The molecule has 1 saturated heterocycles. The number of pyridine rings is 1. The van der Waals surface area contributed by atoms with Crippen LogP contribution in [0.25, 0.3) is 0 Å². The van der Waals surface area contributed by atoms with Crippen molar-refractivity contribution in [2.45, 2.75) is 33.0 Å². The molecule has 0 aromatic carbocycles. The van der Waals surface area contributed by atoms with Gasteiger partial charge in [0.25, 0.3) is 0 Å². The number of carbonyl (C=O) groups excluding carboxylic acids is 1. The number of aromatic nitrogens is 1. The number of hydrogen-bond donors (Lipinski definition) is 1. The van der Waals surface area contributed by atoms with Crippen LogP contribution in [0.5, 0.6) is 0 Å². The average molecular weight is 307 g/mol. The topological polar surface area (TPSA) is 65.9 Å². The van der Waals surface area contributed by atoms with E-state index in [0.29, 0.717) is 17.9 Å². The molecule has 2 heterocycles. The second-order valence-corrected chi connectivity index (χ2v) is 5.97. The summed E-state index contributed by atoms with van der Waals surface area (Å²) >= 11 is 0. The molecule has 6 nitrogen and oxygen atoms in total. The molecule has 0 bridgehead atoms. The fourth-order valence-corrected chi connectivity index (χ4v) is 2.60. The molecule has 0 saturated carbocycles. The van der Waals surface area contributed by atoms with Crippen LogP contribution in [0.3, 0.4) is 0 Å². The first-order valence-corrected chi connectivity index (χ1v) is 7.78. The number of carbonyl (C=O) groups is 1. The van der Waals surface area contributed by atoms with Gasteiger partial charge in [0.2, 0.25) is 0 Å². The van der Waals surface area contributed by atoms with Crippen molar-refractivity contribution in [3.05, 3.63) is 23.9 Å². The summed E-state index contributed by atoms with van der Waals surface area (Å²) in [5.74, 6) is 0.356. The summed E-state index contributed by atoms with van der Waals surface area (Å²) < 4.78 is 5.29. The smallest absolute Gasteiger partial charge is 0.342 e. The van der Waals surface area contributed by atoms with E-state index in [4.69, 9.17) is 4.74 Å². The molecule has 6 heteroatoms. The number of anilines is 1. The van der Waals surface area contributed by atoms with Gasteiger partial charge in [-0.1, -0.05) is 0 Å². The maximum absolute atomic E-state index is 12.2. The second-order valence-electron chi connectivity index (χ2n) is 5.97. The van der Waals surface area contributed by atoms with Crippen LogP contribution in [0.1, 0.15) is 31.1 Å². The van der Waals surface area contributed by atoms with Gasteiger partial charge in [-0.2, -0.15) is 0 Å². The molecule has 0 amide bonds. The Kier molecular flexibility index (Phi) is 5.74. The number of rotatable bonds is 5. The Morgan fingerprint density at radius 3 is 2.59 bits per heavy atom. The first-order valence-electron chi connectivity index (χ1n) is 7.78. The highest BCUT2D eigenvalue weighted by Gasteiger charge is 2.23. The second kappa shape index (κ2) is 7.56. The van der Waals surface area contributed by atoms with Crippen molar-refractivity contribution in [3.63, 3.8) is 0 Å². The number of ether oxygens (including phenoxy) is 1. The molecule has 1 N–H and O–H groups in total. The van der Waals surface area contributed by atoms with Crippen LogP contribution in [0.15, 0.2) is 18.3 Å². The molecule has 1 aliphatic rings. The highest BCUT2D eigenvalue weighted by Crippen LogP contribution is 2.20. The number of aliphatic hydroxyl groups is 1. The van der Waals surface area contributed by atoms with Crippen LogP contribution in [-0.2, 0) is 4.74 Å². The Bertz CT molecular complexity index is 497. The number of piperazine rings is 1. The third-order valence-electron chi connectivity index (χ3n) is 3.54. The van der Waals surface area contributed by atoms with Gasteiger partial charge in [-0.15, -0.1) is 0 Å². The lowest BCUT2D eigenvalue weighted by Crippen LogP contribution is -2.48. The molecule has 1 aromatic heterocycles. The summed E-state index contributed by atoms with van der Waals surface area (Å²) in [4.78, 5) is 20.9. The molecule has 0 radical (unpaired) electrons. The van der Waals surface area contributed by atoms with Crippen molar-refractivity contribution in [2.75, 3.05) is 37.6 Å². The molecule has 0 aliphatic carbocycles. The lowest BCUT2D eigenvalue weighted by atomic mass is 10.2. The molecular formula is C16H25N3O3. The van der Waals surface area contributed by atoms with E-state index in [9.17, 15) is 9.90 Å². The quantitative estimate of drug-likeness (QED) is 0.823. The summed E-state index contributed by atoms with van der Waals surface area (Å²) in [6.07, 6.45) is 1.23. The lowest BCUT2D eigenvalue weighted by molar-refractivity contribution is 0.0378. The Labute approximate surface area is 131 Å². The number of hydrogen-bond acceptors (Lipinski definition) is 6. The predicted molar refractivity (Wildman–Crippen MR) is 85.1 cm³/mol. The molecule has 1 fully saturated rings. The van der Waals surface area contributed by atoms with Gasteiger partial charge in [-0.3, -0.25) is 4.90 Å². The minimum absolute atomic E-state index is 0.150. The van der Waals surface area contributed by atoms with Gasteiger partial charge in [0.1, 0.15) is 11.4 Å². The number of aliphatic hydroxyl groups excluding tert-OH is 1. The van der Waals surface area contributed by atoms with E-state index in [1.807, 2.05) is 13.8 Å². The van der Waals surface area contributed by atoms with Crippen LogP contribution >= 0.6 is 0 Å². The van der Waals surface area contributed by atoms with Gasteiger partial charge in [-0.25, -0.2) is 9.78 Å². The van der Waals surface area contributed by atoms with Gasteiger partial charge >= 0.3 is 5.97 Å². The third-order valence-corrected chi connectivity index (χ3v) is 3.54. The largest absolute Gasteiger partial charge is 0.459 e. The van der Waals surface area contributed by atoms with E-state index < -0.39 is 0 Å². The van der Waals surface area contributed by atoms with E-state index in [2.05, 4.69) is 14.8 Å². The van der Waals surface area contributed by atoms with Crippen LogP contribution in [0.2, 0.25) is 0 Å². The fraction of sp³-hybridized carbons (Fsp3) is 0.625. The highest BCUT2D eigenvalue weighted by atomic mass is 16.5. The number of nitrogens with zero attached hydrogens (tertiary/aromatic N) is 3. The maximum Gasteiger partial charge on any atom is 0.342 e. The molecule has 1 aromatic rings. The fourth-order valence-electron chi connectivity index (χ4n) is 2.60. The third kappa shape index (κ3) is 4.42. The first-order chi connectivity index (χ1) is 10.5. The molecule has 0 spiro atoms. The molecule has 122 valence electrons. The van der Waals surface area contributed by atoms with Crippen molar-refractivity contribution < 1.29 is 14.6 Å². The van der Waals surface area contributed by atoms with E-state index in [1.54, 1.807) is 25.3 Å². The maximum atomic E-state index is 12.2. The molecule has 22 heavy (non-hydrogen) atoms.